The summed E-state index contributed by atoms with van der Waals surface area (Å²) in [5, 5.41) is 9.24. The molecule has 3 N–H and O–H groups in total. The van der Waals surface area contributed by atoms with Gasteiger partial charge in [-0.1, -0.05) is 0 Å². The van der Waals surface area contributed by atoms with Crippen molar-refractivity contribution in [1.29, 1.82) is 0 Å². The van der Waals surface area contributed by atoms with Gasteiger partial charge < -0.3 is 20.6 Å². The molecule has 0 bridgehead atoms. The molecule has 0 atom stereocenters. The zero-order valence-electron chi connectivity index (χ0n) is 12.4. The van der Waals surface area contributed by atoms with Crippen molar-refractivity contribution in [3.8, 4) is 5.75 Å². The minimum Gasteiger partial charge on any atom is -0.508 e. The number of hydrogen-bond acceptors (Lipinski definition) is 4. The quantitative estimate of drug-likeness (QED) is 0.755. The van der Waals surface area contributed by atoms with E-state index < -0.39 is 11.8 Å². The van der Waals surface area contributed by atoms with E-state index in [0.717, 1.165) is 0 Å². The third kappa shape index (κ3) is 3.36. The first-order valence-electron chi connectivity index (χ1n) is 7.05. The van der Waals surface area contributed by atoms with E-state index in [1.54, 1.807) is 12.1 Å². The Balaban J connectivity index is 1.99. The maximum Gasteiger partial charge on any atom is 0.316 e. The molecule has 0 unspecified atom stereocenters. The van der Waals surface area contributed by atoms with Crippen LogP contribution in [-0.2, 0) is 14.4 Å². The predicted molar refractivity (Wildman–Crippen MR) is 80.0 cm³/mol. The topological polar surface area (TPSA) is 104 Å². The van der Waals surface area contributed by atoms with Crippen molar-refractivity contribution in [2.24, 2.45) is 11.7 Å². The van der Waals surface area contributed by atoms with Gasteiger partial charge in [-0.05, 0) is 37.1 Å². The highest BCUT2D eigenvalue weighted by molar-refractivity contribution is 6.40. The van der Waals surface area contributed by atoms with Crippen LogP contribution in [0.2, 0.25) is 0 Å². The molecule has 1 heterocycles. The summed E-state index contributed by atoms with van der Waals surface area (Å²) in [5.74, 6) is -1.75. The number of benzene rings is 1. The van der Waals surface area contributed by atoms with E-state index >= 15 is 0 Å². The molecule has 1 aromatic rings. The third-order valence-electron chi connectivity index (χ3n) is 3.91. The fourth-order valence-electron chi connectivity index (χ4n) is 2.44. The van der Waals surface area contributed by atoms with E-state index in [0.29, 0.717) is 31.6 Å². The second-order valence-electron chi connectivity index (χ2n) is 5.35. The molecular formula is C15H19N3O4. The zero-order chi connectivity index (χ0) is 16.3. The van der Waals surface area contributed by atoms with Gasteiger partial charge in [0.25, 0.3) is 0 Å². The van der Waals surface area contributed by atoms with Crippen molar-refractivity contribution < 1.29 is 19.5 Å². The Kier molecular flexibility index (Phi) is 4.65. The summed E-state index contributed by atoms with van der Waals surface area (Å²) in [6.07, 6.45) is 0.967. The molecule has 22 heavy (non-hydrogen) atoms. The molecule has 0 radical (unpaired) electrons. The smallest absolute Gasteiger partial charge is 0.316 e. The number of carbonyl (C=O) groups excluding carboxylic acids is 3. The first-order chi connectivity index (χ1) is 10.4. The standard InChI is InChI=1S/C15H19N3O4/c1-17(11-2-4-12(19)5-3-11)14(21)15(22)18-8-6-10(7-9-18)13(16)20/h2-5,10,19H,6-9H2,1H3,(H2,16,20). The van der Waals surface area contributed by atoms with Crippen molar-refractivity contribution in [2.75, 3.05) is 25.0 Å². The van der Waals surface area contributed by atoms with Crippen molar-refractivity contribution in [3.63, 3.8) is 0 Å². The van der Waals surface area contributed by atoms with Gasteiger partial charge in [-0.15, -0.1) is 0 Å². The number of phenols is 1. The lowest BCUT2D eigenvalue weighted by Gasteiger charge is -2.31. The number of nitrogens with two attached hydrogens (primary N) is 1. The van der Waals surface area contributed by atoms with Crippen LogP contribution in [0.5, 0.6) is 5.75 Å². The molecule has 1 fully saturated rings. The number of amides is 3. The molecule has 7 nitrogen and oxygen atoms in total. The van der Waals surface area contributed by atoms with E-state index in [4.69, 9.17) is 5.73 Å². The van der Waals surface area contributed by atoms with Gasteiger partial charge in [-0.3, -0.25) is 14.4 Å². The SMILES string of the molecule is CN(C(=O)C(=O)N1CCC(C(N)=O)CC1)c1ccc(O)cc1. The van der Waals surface area contributed by atoms with Gasteiger partial charge in [0, 0.05) is 31.7 Å². The number of primary amides is 1. The summed E-state index contributed by atoms with van der Waals surface area (Å²) >= 11 is 0. The fourth-order valence-corrected chi connectivity index (χ4v) is 2.44. The van der Waals surface area contributed by atoms with Crippen LogP contribution >= 0.6 is 0 Å². The second kappa shape index (κ2) is 6.46. The summed E-state index contributed by atoms with van der Waals surface area (Å²) in [6, 6.07) is 6.00. The molecule has 3 amide bonds. The van der Waals surface area contributed by atoms with Crippen molar-refractivity contribution in [3.05, 3.63) is 24.3 Å². The van der Waals surface area contributed by atoms with Gasteiger partial charge >= 0.3 is 11.8 Å². The number of rotatable bonds is 2. The largest absolute Gasteiger partial charge is 0.508 e. The highest BCUT2D eigenvalue weighted by Crippen LogP contribution is 2.20. The molecule has 118 valence electrons. The average molecular weight is 305 g/mol. The number of phenolic OH excluding ortho intramolecular Hbond substituents is 1. The summed E-state index contributed by atoms with van der Waals surface area (Å²) in [4.78, 5) is 38.2. The Hall–Kier alpha value is -2.57. The monoisotopic (exact) mass is 305 g/mol. The minimum absolute atomic E-state index is 0.0875. The van der Waals surface area contributed by atoms with Crippen LogP contribution in [0.4, 0.5) is 5.69 Å². The summed E-state index contributed by atoms with van der Waals surface area (Å²) in [6.45, 7) is 0.698. The molecule has 0 spiro atoms. The van der Waals surface area contributed by atoms with Crippen molar-refractivity contribution >= 4 is 23.4 Å². The first kappa shape index (κ1) is 15.8. The van der Waals surface area contributed by atoms with Crippen LogP contribution in [0.25, 0.3) is 0 Å². The number of hydrogen-bond donors (Lipinski definition) is 2. The Morgan fingerprint density at radius 2 is 1.73 bits per heavy atom. The number of aromatic hydroxyl groups is 1. The average Bonchev–Trinajstić information content (AvgIpc) is 2.53. The Morgan fingerprint density at radius 1 is 1.18 bits per heavy atom. The van der Waals surface area contributed by atoms with E-state index in [9.17, 15) is 19.5 Å². The zero-order valence-corrected chi connectivity index (χ0v) is 12.4. The molecule has 1 aromatic carbocycles. The molecule has 1 aliphatic rings. The lowest BCUT2D eigenvalue weighted by molar-refractivity contribution is -0.145. The summed E-state index contributed by atoms with van der Waals surface area (Å²) < 4.78 is 0. The van der Waals surface area contributed by atoms with Gasteiger partial charge in [0.05, 0.1) is 0 Å². The summed E-state index contributed by atoms with van der Waals surface area (Å²) in [5.41, 5.74) is 5.76. The van der Waals surface area contributed by atoms with Gasteiger partial charge in [0.1, 0.15) is 5.75 Å². The van der Waals surface area contributed by atoms with E-state index in [1.807, 2.05) is 0 Å². The lowest BCUT2D eigenvalue weighted by atomic mass is 9.96. The first-order valence-corrected chi connectivity index (χ1v) is 7.05. The second-order valence-corrected chi connectivity index (χ2v) is 5.35. The number of carbonyl (C=O) groups is 3. The highest BCUT2D eigenvalue weighted by Gasteiger charge is 2.30. The Labute approximate surface area is 128 Å². The lowest BCUT2D eigenvalue weighted by Crippen LogP contribution is -2.48. The predicted octanol–water partition coefficient (Wildman–Crippen LogP) is 0.0789. The molecular weight excluding hydrogens is 286 g/mol. The van der Waals surface area contributed by atoms with Crippen LogP contribution < -0.4 is 10.6 Å². The molecule has 0 aliphatic carbocycles. The molecule has 0 saturated carbocycles. The number of piperidine rings is 1. The van der Waals surface area contributed by atoms with Gasteiger partial charge in [0.2, 0.25) is 5.91 Å². The van der Waals surface area contributed by atoms with Crippen molar-refractivity contribution in [2.45, 2.75) is 12.8 Å². The fraction of sp³-hybridized carbons (Fsp3) is 0.400. The Bertz CT molecular complexity index is 577. The minimum atomic E-state index is -0.650. The number of nitrogens with zero attached hydrogens (tertiary/aromatic N) is 2. The molecule has 1 aliphatic heterocycles. The Morgan fingerprint density at radius 3 is 2.23 bits per heavy atom. The number of likely N-dealkylation sites (tertiary alicyclic amines) is 1. The maximum absolute atomic E-state index is 12.2. The van der Waals surface area contributed by atoms with Gasteiger partial charge in [-0.25, -0.2) is 0 Å². The number of anilines is 1. The van der Waals surface area contributed by atoms with E-state index in [-0.39, 0.29) is 17.6 Å². The van der Waals surface area contributed by atoms with Crippen molar-refractivity contribution in [1.82, 2.24) is 4.90 Å². The van der Waals surface area contributed by atoms with Crippen LogP contribution in [0, 0.1) is 5.92 Å². The molecule has 1 saturated heterocycles. The molecule has 0 aromatic heterocycles. The van der Waals surface area contributed by atoms with Crippen LogP contribution in [0.15, 0.2) is 24.3 Å². The van der Waals surface area contributed by atoms with Crippen LogP contribution in [-0.4, -0.2) is 47.9 Å². The summed E-state index contributed by atoms with van der Waals surface area (Å²) in [7, 11) is 1.50. The highest BCUT2D eigenvalue weighted by atomic mass is 16.3. The van der Waals surface area contributed by atoms with Crippen LogP contribution in [0.3, 0.4) is 0 Å². The van der Waals surface area contributed by atoms with E-state index in [1.165, 1.54) is 29.0 Å². The van der Waals surface area contributed by atoms with Gasteiger partial charge in [-0.2, -0.15) is 0 Å². The number of likely N-dealkylation sites (N-methyl/N-ethyl adjacent to an activating group) is 1. The molecule has 7 heteroatoms. The van der Waals surface area contributed by atoms with Gasteiger partial charge in [0.15, 0.2) is 0 Å². The maximum atomic E-state index is 12.2. The van der Waals surface area contributed by atoms with Crippen LogP contribution in [0.1, 0.15) is 12.8 Å². The third-order valence-corrected chi connectivity index (χ3v) is 3.91. The molecule has 2 rings (SSSR count). The normalized spacial score (nSPS) is 15.4. The van der Waals surface area contributed by atoms with E-state index in [2.05, 4.69) is 0 Å².